The van der Waals surface area contributed by atoms with Crippen molar-refractivity contribution in [3.63, 3.8) is 0 Å². The summed E-state index contributed by atoms with van der Waals surface area (Å²) in [6.07, 6.45) is 1.53. The number of carboxylic acid groups (broad SMARTS) is 1. The van der Waals surface area contributed by atoms with Gasteiger partial charge >= 0.3 is 12.1 Å². The largest absolute Gasteiger partial charge is 0.493 e. The van der Waals surface area contributed by atoms with Crippen molar-refractivity contribution >= 4 is 33.5 Å². The minimum atomic E-state index is -5.08. The van der Waals surface area contributed by atoms with Crippen molar-refractivity contribution in [2.24, 2.45) is 5.92 Å². The molecule has 2 N–H and O–H groups in total. The quantitative estimate of drug-likeness (QED) is 0.249. The van der Waals surface area contributed by atoms with Gasteiger partial charge in [-0.2, -0.15) is 17.5 Å². The molecule has 6 rings (SSSR count). The molecule has 15 heteroatoms. The number of amides is 1. The molecule has 0 aromatic heterocycles. The normalized spacial score (nSPS) is 20.3. The molecule has 3 aromatic carbocycles. The van der Waals surface area contributed by atoms with E-state index < -0.39 is 28.2 Å². The van der Waals surface area contributed by atoms with Crippen LogP contribution < -0.4 is 14.8 Å². The zero-order valence-electron chi connectivity index (χ0n) is 28.6. The summed E-state index contributed by atoms with van der Waals surface area (Å²) in [6, 6.07) is 21.3. The molecule has 2 heterocycles. The molecule has 2 atom stereocenters. The van der Waals surface area contributed by atoms with Crippen LogP contribution in [0.15, 0.2) is 77.7 Å². The molecule has 10 nitrogen and oxygen atoms in total. The summed E-state index contributed by atoms with van der Waals surface area (Å²) in [7, 11) is -3.93. The summed E-state index contributed by atoms with van der Waals surface area (Å²) in [5, 5.41) is 11.1. The van der Waals surface area contributed by atoms with Crippen molar-refractivity contribution in [2.45, 2.75) is 68.2 Å². The highest BCUT2D eigenvalue weighted by Crippen LogP contribution is 2.32. The van der Waals surface area contributed by atoms with Crippen LogP contribution in [0.25, 0.3) is 11.1 Å². The third-order valence-corrected chi connectivity index (χ3v) is 11.6. The fraction of sp³-hybridized carbons (Fsp3) is 0.459. The van der Waals surface area contributed by atoms with Crippen LogP contribution >= 0.6 is 11.6 Å². The molecule has 282 valence electrons. The molecule has 0 bridgehead atoms. The van der Waals surface area contributed by atoms with E-state index in [0.29, 0.717) is 61.6 Å². The summed E-state index contributed by atoms with van der Waals surface area (Å²) < 4.78 is 73.5. The van der Waals surface area contributed by atoms with Gasteiger partial charge in [-0.25, -0.2) is 13.2 Å². The SMILES string of the molecule is O=C(O)C(F)(F)F.O=C([C@@H]1C[C@@H](Oc2ccc(-c3ccc(Cl)cc3)cc2)CCN1S(=O)(=O)c1ccc(OCC2CCCCC2)cc1)N1CCNCC1. The molecule has 2 aliphatic heterocycles. The Morgan fingerprint density at radius 2 is 1.38 bits per heavy atom. The Bertz CT molecular complexity index is 1730. The Morgan fingerprint density at radius 1 is 0.827 bits per heavy atom. The zero-order valence-corrected chi connectivity index (χ0v) is 30.1. The average Bonchev–Trinajstić information content (AvgIpc) is 3.15. The standard InChI is InChI=1S/C35H42ClN3O5S.C2HF3O2/c36-29-10-6-27(7-11-29)28-8-12-31(13-9-28)44-32-18-21-39(34(24-32)35(40)38-22-19-37-20-23-38)45(41,42)33-16-14-30(15-17-33)43-25-26-4-2-1-3-5-26;3-2(4,5)1(6)7/h6-17,26,32,34,37H,1-5,18-25H2;(H,6,7)/t32-,34-;/m0./s1. The number of hydrogen-bond donors (Lipinski definition) is 2. The Kier molecular flexibility index (Phi) is 13.5. The number of nitrogens with zero attached hydrogens (tertiary/aromatic N) is 2. The number of halogens is 4. The highest BCUT2D eigenvalue weighted by atomic mass is 35.5. The lowest BCUT2D eigenvalue weighted by molar-refractivity contribution is -0.192. The predicted molar refractivity (Wildman–Crippen MR) is 190 cm³/mol. The number of carboxylic acids is 1. The minimum Gasteiger partial charge on any atom is -0.493 e. The lowest BCUT2D eigenvalue weighted by Gasteiger charge is -2.40. The van der Waals surface area contributed by atoms with Gasteiger partial charge in [-0.3, -0.25) is 4.79 Å². The van der Waals surface area contributed by atoms with E-state index in [1.165, 1.54) is 36.4 Å². The first-order chi connectivity index (χ1) is 24.8. The van der Waals surface area contributed by atoms with E-state index >= 15 is 0 Å². The summed E-state index contributed by atoms with van der Waals surface area (Å²) >= 11 is 6.04. The van der Waals surface area contributed by atoms with Crippen LogP contribution in [-0.4, -0.2) is 92.3 Å². The van der Waals surface area contributed by atoms with E-state index in [-0.39, 0.29) is 29.9 Å². The van der Waals surface area contributed by atoms with Gasteiger partial charge in [0.15, 0.2) is 0 Å². The van der Waals surface area contributed by atoms with Crippen molar-refractivity contribution in [2.75, 3.05) is 39.3 Å². The van der Waals surface area contributed by atoms with Gasteiger partial charge in [-0.15, -0.1) is 0 Å². The topological polar surface area (TPSA) is 125 Å². The second-order valence-corrected chi connectivity index (χ2v) is 15.4. The highest BCUT2D eigenvalue weighted by Gasteiger charge is 2.43. The Labute approximate surface area is 306 Å². The molecule has 1 saturated carbocycles. The number of nitrogens with one attached hydrogen (secondary N) is 1. The molecule has 0 unspecified atom stereocenters. The summed E-state index contributed by atoms with van der Waals surface area (Å²) in [6.45, 7) is 3.33. The summed E-state index contributed by atoms with van der Waals surface area (Å²) in [4.78, 5) is 24.7. The molecule has 1 amide bonds. The van der Waals surface area contributed by atoms with Crippen LogP contribution in [0.1, 0.15) is 44.9 Å². The number of sulfonamides is 1. The number of ether oxygens (including phenoxy) is 2. The molecule has 3 aromatic rings. The van der Waals surface area contributed by atoms with Gasteiger partial charge < -0.3 is 24.8 Å². The maximum atomic E-state index is 14.0. The fourth-order valence-electron chi connectivity index (χ4n) is 6.60. The molecule has 52 heavy (non-hydrogen) atoms. The van der Waals surface area contributed by atoms with E-state index in [9.17, 15) is 26.4 Å². The van der Waals surface area contributed by atoms with E-state index in [1.54, 1.807) is 29.2 Å². The van der Waals surface area contributed by atoms with Crippen LogP contribution in [0, 0.1) is 5.92 Å². The molecule has 2 saturated heterocycles. The number of carbonyl (C=O) groups excluding carboxylic acids is 1. The number of piperidine rings is 1. The lowest BCUT2D eigenvalue weighted by Crippen LogP contribution is -2.58. The van der Waals surface area contributed by atoms with Gasteiger partial charge in [0, 0.05) is 44.2 Å². The maximum Gasteiger partial charge on any atom is 0.490 e. The molecular formula is C37H43ClF3N3O7S. The fourth-order valence-corrected chi connectivity index (χ4v) is 8.33. The predicted octanol–water partition coefficient (Wildman–Crippen LogP) is 6.63. The van der Waals surface area contributed by atoms with Crippen LogP contribution in [0.4, 0.5) is 13.2 Å². The number of aliphatic carboxylic acids is 1. The molecule has 0 radical (unpaired) electrons. The van der Waals surface area contributed by atoms with Crippen LogP contribution in [0.3, 0.4) is 0 Å². The summed E-state index contributed by atoms with van der Waals surface area (Å²) in [5.41, 5.74) is 2.09. The van der Waals surface area contributed by atoms with Crippen LogP contribution in [0.5, 0.6) is 11.5 Å². The minimum absolute atomic E-state index is 0.168. The molecular weight excluding hydrogens is 723 g/mol. The van der Waals surface area contributed by atoms with Crippen molar-refractivity contribution in [3.8, 4) is 22.6 Å². The highest BCUT2D eigenvalue weighted by molar-refractivity contribution is 7.89. The van der Waals surface area contributed by atoms with Crippen LogP contribution in [-0.2, 0) is 19.6 Å². The van der Waals surface area contributed by atoms with E-state index in [2.05, 4.69) is 5.32 Å². The number of hydrogen-bond acceptors (Lipinski definition) is 7. The van der Waals surface area contributed by atoms with Gasteiger partial charge in [0.05, 0.1) is 11.5 Å². The first kappa shape index (κ1) is 39.4. The van der Waals surface area contributed by atoms with E-state index in [4.69, 9.17) is 31.0 Å². The molecule has 0 spiro atoms. The van der Waals surface area contributed by atoms with Gasteiger partial charge in [0.1, 0.15) is 23.6 Å². The maximum absolute atomic E-state index is 14.0. The monoisotopic (exact) mass is 765 g/mol. The second kappa shape index (κ2) is 17.8. The number of carbonyl (C=O) groups is 2. The number of piperazine rings is 1. The van der Waals surface area contributed by atoms with Crippen molar-refractivity contribution in [3.05, 3.63) is 77.8 Å². The third kappa shape index (κ3) is 10.6. The molecule has 3 fully saturated rings. The second-order valence-electron chi connectivity index (χ2n) is 13.1. The third-order valence-electron chi connectivity index (χ3n) is 9.44. The van der Waals surface area contributed by atoms with Crippen molar-refractivity contribution in [1.82, 2.24) is 14.5 Å². The number of rotatable bonds is 9. The smallest absolute Gasteiger partial charge is 0.490 e. The van der Waals surface area contributed by atoms with E-state index in [1.807, 2.05) is 48.5 Å². The van der Waals surface area contributed by atoms with Crippen molar-refractivity contribution in [1.29, 1.82) is 0 Å². The lowest BCUT2D eigenvalue weighted by atomic mass is 9.90. The first-order valence-electron chi connectivity index (χ1n) is 17.4. The Balaban J connectivity index is 0.000000679. The van der Waals surface area contributed by atoms with Gasteiger partial charge in [-0.1, -0.05) is 55.1 Å². The van der Waals surface area contributed by atoms with Gasteiger partial charge in [-0.05, 0) is 84.8 Å². The zero-order chi connectivity index (χ0) is 37.3. The Hall–Kier alpha value is -3.85. The van der Waals surface area contributed by atoms with E-state index in [0.717, 1.165) is 11.1 Å². The van der Waals surface area contributed by atoms with Gasteiger partial charge in [0.2, 0.25) is 15.9 Å². The Morgan fingerprint density at radius 3 is 1.96 bits per heavy atom. The molecule has 3 aliphatic rings. The first-order valence-corrected chi connectivity index (χ1v) is 19.2. The van der Waals surface area contributed by atoms with Crippen molar-refractivity contribution < 1.29 is 45.8 Å². The number of alkyl halides is 3. The molecule has 1 aliphatic carbocycles. The van der Waals surface area contributed by atoms with Crippen LogP contribution in [0.2, 0.25) is 5.02 Å². The average molecular weight is 766 g/mol. The van der Waals surface area contributed by atoms with Gasteiger partial charge in [0.25, 0.3) is 0 Å². The number of benzene rings is 3. The summed E-state index contributed by atoms with van der Waals surface area (Å²) in [5.74, 6) is -1.01.